The van der Waals surface area contributed by atoms with Crippen LogP contribution in [0.5, 0.6) is 0 Å². The van der Waals surface area contributed by atoms with Crippen molar-refractivity contribution in [2.75, 3.05) is 0 Å². The lowest BCUT2D eigenvalue weighted by atomic mass is 10.1. The molecule has 0 amide bonds. The zero-order valence-electron chi connectivity index (χ0n) is 12.9. The average Bonchev–Trinajstić information content (AvgIpc) is 2.39. The van der Waals surface area contributed by atoms with E-state index in [0.29, 0.717) is 0 Å². The fourth-order valence-corrected chi connectivity index (χ4v) is 2.19. The average molecular weight is 251 g/mol. The van der Waals surface area contributed by atoms with Gasteiger partial charge in [0.05, 0.1) is 0 Å². The van der Waals surface area contributed by atoms with E-state index in [4.69, 9.17) is 0 Å². The highest BCUT2D eigenvalue weighted by atomic mass is 14.0. The molecule has 18 heavy (non-hydrogen) atoms. The van der Waals surface area contributed by atoms with Crippen molar-refractivity contribution in [2.24, 2.45) is 0 Å². The summed E-state index contributed by atoms with van der Waals surface area (Å²) in [6.07, 6.45) is 25.0. The maximum Gasteiger partial charge on any atom is -0.0319 e. The van der Waals surface area contributed by atoms with Crippen LogP contribution in [0.2, 0.25) is 0 Å². The molecule has 0 heteroatoms. The van der Waals surface area contributed by atoms with E-state index >= 15 is 0 Å². The fraction of sp³-hybridized carbons (Fsp3) is 0.833. The van der Waals surface area contributed by atoms with Gasteiger partial charge >= 0.3 is 0 Å². The molecule has 107 valence electrons. The summed E-state index contributed by atoms with van der Waals surface area (Å²) in [7, 11) is 0. The van der Waals surface area contributed by atoms with Gasteiger partial charge in [0.25, 0.3) is 0 Å². The Morgan fingerprint density at radius 1 is 0.556 bits per heavy atom. The fourth-order valence-electron chi connectivity index (χ4n) is 2.19. The Labute approximate surface area is 116 Å². The van der Waals surface area contributed by atoms with E-state index in [2.05, 4.69) is 32.4 Å². The van der Waals surface area contributed by atoms with Crippen molar-refractivity contribution in [2.45, 2.75) is 97.3 Å². The van der Waals surface area contributed by atoms with Crippen molar-refractivity contribution in [3.05, 3.63) is 18.6 Å². The van der Waals surface area contributed by atoms with Gasteiger partial charge in [-0.2, -0.15) is 0 Å². The van der Waals surface area contributed by atoms with Gasteiger partial charge < -0.3 is 0 Å². The topological polar surface area (TPSA) is 0 Å². The van der Waals surface area contributed by atoms with Crippen LogP contribution in [0.4, 0.5) is 0 Å². The molecular weight excluding hydrogens is 216 g/mol. The van der Waals surface area contributed by atoms with Gasteiger partial charge in [0.1, 0.15) is 0 Å². The molecule has 0 fully saturated rings. The zero-order chi connectivity index (χ0) is 13.3. The first-order valence-electron chi connectivity index (χ1n) is 8.38. The Hall–Kier alpha value is -0.260. The largest absolute Gasteiger partial charge is 0.0885 e. The van der Waals surface area contributed by atoms with Crippen molar-refractivity contribution < 1.29 is 0 Å². The molecule has 0 rings (SSSR count). The summed E-state index contributed by atoms with van der Waals surface area (Å²) in [5, 5.41) is 0. The third kappa shape index (κ3) is 15.7. The standard InChI is InChI=1S/C18H35/c1-3-5-7-9-11-13-15-17-18-16-14-12-10-8-6-4-2/h11,13,17H,3-10,12,14-16,18H2,1-2H3/b13-11+. The van der Waals surface area contributed by atoms with E-state index in [0.717, 1.165) is 0 Å². The van der Waals surface area contributed by atoms with Gasteiger partial charge in [-0.25, -0.2) is 0 Å². The lowest BCUT2D eigenvalue weighted by molar-refractivity contribution is 0.586. The molecule has 0 aliphatic heterocycles. The highest BCUT2D eigenvalue weighted by Gasteiger charge is 1.91. The highest BCUT2D eigenvalue weighted by Crippen LogP contribution is 2.10. The van der Waals surface area contributed by atoms with Crippen LogP contribution in [-0.4, -0.2) is 0 Å². The third-order valence-corrected chi connectivity index (χ3v) is 3.46. The molecule has 0 aromatic heterocycles. The van der Waals surface area contributed by atoms with E-state index in [-0.39, 0.29) is 0 Å². The molecule has 1 radical (unpaired) electrons. The van der Waals surface area contributed by atoms with Crippen LogP contribution in [0.15, 0.2) is 12.2 Å². The second kappa shape index (κ2) is 16.7. The minimum absolute atomic E-state index is 1.18. The van der Waals surface area contributed by atoms with E-state index in [1.54, 1.807) is 0 Å². The smallest absolute Gasteiger partial charge is 0.0319 e. The number of rotatable bonds is 14. The Morgan fingerprint density at radius 2 is 1.11 bits per heavy atom. The summed E-state index contributed by atoms with van der Waals surface area (Å²) in [4.78, 5) is 0. The maximum atomic E-state index is 2.45. The number of hydrogen-bond donors (Lipinski definition) is 0. The minimum atomic E-state index is 1.18. The molecule has 0 atom stereocenters. The van der Waals surface area contributed by atoms with Gasteiger partial charge in [-0.3, -0.25) is 0 Å². The Morgan fingerprint density at radius 3 is 1.83 bits per heavy atom. The molecule has 0 saturated carbocycles. The minimum Gasteiger partial charge on any atom is -0.0885 e. The first-order valence-corrected chi connectivity index (χ1v) is 8.38. The molecule has 0 unspecified atom stereocenters. The molecule has 0 heterocycles. The molecule has 0 spiro atoms. The normalized spacial score (nSPS) is 11.4. The molecule has 0 aromatic rings. The quantitative estimate of drug-likeness (QED) is 0.234. The molecule has 0 nitrogen and oxygen atoms in total. The molecule has 0 aliphatic carbocycles. The monoisotopic (exact) mass is 251 g/mol. The van der Waals surface area contributed by atoms with Crippen LogP contribution in [0.25, 0.3) is 0 Å². The Kier molecular flexibility index (Phi) is 16.5. The number of unbranched alkanes of at least 4 members (excludes halogenated alkanes) is 12. The summed E-state index contributed by atoms with van der Waals surface area (Å²) in [5.74, 6) is 0. The Balaban J connectivity index is 2.98. The van der Waals surface area contributed by atoms with Crippen molar-refractivity contribution in [1.29, 1.82) is 0 Å². The van der Waals surface area contributed by atoms with Crippen molar-refractivity contribution in [1.82, 2.24) is 0 Å². The van der Waals surface area contributed by atoms with E-state index in [1.807, 2.05) is 0 Å². The first-order chi connectivity index (χ1) is 8.91. The zero-order valence-corrected chi connectivity index (χ0v) is 12.9. The number of hydrogen-bond acceptors (Lipinski definition) is 0. The third-order valence-electron chi connectivity index (χ3n) is 3.46. The molecule has 0 aliphatic rings. The predicted octanol–water partition coefficient (Wildman–Crippen LogP) is 6.86. The van der Waals surface area contributed by atoms with Crippen LogP contribution in [0.3, 0.4) is 0 Å². The Bertz CT molecular complexity index is 157. The maximum absolute atomic E-state index is 2.45. The molecule has 0 saturated heterocycles. The van der Waals surface area contributed by atoms with Crippen LogP contribution >= 0.6 is 0 Å². The molecular formula is C18H35. The summed E-state index contributed by atoms with van der Waals surface area (Å²) in [6.45, 7) is 4.55. The second-order valence-electron chi connectivity index (χ2n) is 5.40. The van der Waals surface area contributed by atoms with Crippen LogP contribution < -0.4 is 0 Å². The second-order valence-corrected chi connectivity index (χ2v) is 5.40. The summed E-state index contributed by atoms with van der Waals surface area (Å²) in [5.41, 5.74) is 0. The summed E-state index contributed by atoms with van der Waals surface area (Å²) < 4.78 is 0. The van der Waals surface area contributed by atoms with Gasteiger partial charge in [-0.05, 0) is 32.1 Å². The first kappa shape index (κ1) is 17.7. The predicted molar refractivity (Wildman–Crippen MR) is 84.8 cm³/mol. The summed E-state index contributed by atoms with van der Waals surface area (Å²) >= 11 is 0. The van der Waals surface area contributed by atoms with Gasteiger partial charge in [0.2, 0.25) is 0 Å². The van der Waals surface area contributed by atoms with E-state index < -0.39 is 0 Å². The lowest BCUT2D eigenvalue weighted by Gasteiger charge is -2.00. The highest BCUT2D eigenvalue weighted by molar-refractivity contribution is 4.86. The van der Waals surface area contributed by atoms with E-state index in [1.165, 1.54) is 83.5 Å². The van der Waals surface area contributed by atoms with E-state index in [9.17, 15) is 0 Å². The molecule has 0 N–H and O–H groups in total. The molecule has 0 bridgehead atoms. The van der Waals surface area contributed by atoms with Crippen LogP contribution in [0, 0.1) is 6.42 Å². The number of allylic oxidation sites excluding steroid dienone is 2. The SMILES string of the molecule is CCCCC/C=C/C[CH]CCCCCCCCC. The van der Waals surface area contributed by atoms with Crippen LogP contribution in [0.1, 0.15) is 97.3 Å². The van der Waals surface area contributed by atoms with Crippen LogP contribution in [-0.2, 0) is 0 Å². The van der Waals surface area contributed by atoms with Gasteiger partial charge in [-0.15, -0.1) is 0 Å². The van der Waals surface area contributed by atoms with Crippen molar-refractivity contribution in [3.63, 3.8) is 0 Å². The van der Waals surface area contributed by atoms with Gasteiger partial charge in [-0.1, -0.05) is 83.8 Å². The van der Waals surface area contributed by atoms with Crippen molar-refractivity contribution >= 4 is 0 Å². The van der Waals surface area contributed by atoms with Gasteiger partial charge in [0, 0.05) is 0 Å². The lowest BCUT2D eigenvalue weighted by Crippen LogP contribution is -1.81. The summed E-state index contributed by atoms with van der Waals surface area (Å²) in [6, 6.07) is 0. The molecule has 0 aromatic carbocycles. The van der Waals surface area contributed by atoms with Crippen molar-refractivity contribution in [3.8, 4) is 0 Å². The van der Waals surface area contributed by atoms with Gasteiger partial charge in [0.15, 0.2) is 0 Å².